The van der Waals surface area contributed by atoms with Gasteiger partial charge in [-0.25, -0.2) is 18.5 Å². The highest BCUT2D eigenvalue weighted by Gasteiger charge is 2.14. The molecule has 9 heteroatoms. The summed E-state index contributed by atoms with van der Waals surface area (Å²) in [6.45, 7) is 2.02. The van der Waals surface area contributed by atoms with E-state index in [2.05, 4.69) is 15.2 Å². The largest absolute Gasteiger partial charge is 0.280 e. The summed E-state index contributed by atoms with van der Waals surface area (Å²) in [5.74, 6) is -0.434. The van der Waals surface area contributed by atoms with Crippen LogP contribution >= 0.6 is 0 Å². The molecule has 0 atom stereocenters. The molecule has 1 aromatic heterocycles. The zero-order chi connectivity index (χ0) is 27.2. The molecule has 0 saturated carbocycles. The Bertz CT molecular complexity index is 1710. The topological polar surface area (TPSA) is 105 Å². The van der Waals surface area contributed by atoms with Gasteiger partial charge in [-0.1, -0.05) is 66.2 Å². The summed E-state index contributed by atoms with van der Waals surface area (Å²) >= 11 is 0. The summed E-state index contributed by atoms with van der Waals surface area (Å²) in [6, 6.07) is 31.9. The molecule has 194 valence electrons. The van der Waals surface area contributed by atoms with Crippen LogP contribution in [0.4, 0.5) is 5.69 Å². The van der Waals surface area contributed by atoms with Crippen LogP contribution in [0.3, 0.4) is 0 Å². The third kappa shape index (κ3) is 6.11. The number of rotatable bonds is 8. The molecule has 0 aliphatic heterocycles. The lowest BCUT2D eigenvalue weighted by atomic mass is 10.1. The minimum atomic E-state index is -3.72. The Labute approximate surface area is 226 Å². The number of nitrogens with one attached hydrogen (secondary N) is 2. The molecule has 0 bridgehead atoms. The number of hydrazone groups is 1. The molecule has 4 aromatic carbocycles. The van der Waals surface area contributed by atoms with E-state index in [1.165, 1.54) is 36.4 Å². The maximum absolute atomic E-state index is 12.7. The third-order valence-electron chi connectivity index (χ3n) is 5.91. The number of carbonyl (C=O) groups excluding carboxylic acids is 1. The second-order valence-corrected chi connectivity index (χ2v) is 10.5. The molecule has 8 nitrogen and oxygen atoms in total. The summed E-state index contributed by atoms with van der Waals surface area (Å²) in [6.07, 6.45) is 3.41. The van der Waals surface area contributed by atoms with E-state index in [1.807, 2.05) is 67.7 Å². The van der Waals surface area contributed by atoms with Crippen LogP contribution in [0, 0.1) is 6.92 Å². The van der Waals surface area contributed by atoms with Gasteiger partial charge in [0.2, 0.25) is 0 Å². The minimum Gasteiger partial charge on any atom is -0.280 e. The van der Waals surface area contributed by atoms with Gasteiger partial charge in [0, 0.05) is 28.6 Å². The van der Waals surface area contributed by atoms with Crippen LogP contribution < -0.4 is 10.1 Å². The highest BCUT2D eigenvalue weighted by atomic mass is 32.2. The normalized spacial score (nSPS) is 11.4. The van der Waals surface area contributed by atoms with Crippen molar-refractivity contribution in [1.29, 1.82) is 0 Å². The van der Waals surface area contributed by atoms with Gasteiger partial charge in [0.05, 0.1) is 16.8 Å². The van der Waals surface area contributed by atoms with Crippen LogP contribution in [0.25, 0.3) is 16.9 Å². The molecular formula is C30H25N5O3S. The second kappa shape index (κ2) is 11.2. The van der Waals surface area contributed by atoms with Crippen LogP contribution in [-0.4, -0.2) is 30.3 Å². The van der Waals surface area contributed by atoms with Gasteiger partial charge in [-0.3, -0.25) is 9.52 Å². The van der Waals surface area contributed by atoms with Gasteiger partial charge >= 0.3 is 0 Å². The van der Waals surface area contributed by atoms with Crippen molar-refractivity contribution in [2.24, 2.45) is 5.10 Å². The maximum Gasteiger partial charge on any atom is 0.271 e. The monoisotopic (exact) mass is 535 g/mol. The molecule has 0 saturated heterocycles. The van der Waals surface area contributed by atoms with Gasteiger partial charge < -0.3 is 0 Å². The number of aryl methyl sites for hydroxylation is 1. The summed E-state index contributed by atoms with van der Waals surface area (Å²) in [5.41, 5.74) is 7.63. The van der Waals surface area contributed by atoms with Gasteiger partial charge in [-0.05, 0) is 55.5 Å². The van der Waals surface area contributed by atoms with Crippen LogP contribution in [0.2, 0.25) is 0 Å². The Morgan fingerprint density at radius 3 is 2.15 bits per heavy atom. The number of amides is 1. The fourth-order valence-corrected chi connectivity index (χ4v) is 4.94. The summed E-state index contributed by atoms with van der Waals surface area (Å²) in [5, 5.41) is 8.91. The molecule has 5 rings (SSSR count). The summed E-state index contributed by atoms with van der Waals surface area (Å²) in [7, 11) is -3.72. The molecule has 0 unspecified atom stereocenters. The number of sulfonamides is 1. The van der Waals surface area contributed by atoms with Crippen LogP contribution in [0.5, 0.6) is 0 Å². The van der Waals surface area contributed by atoms with Crippen molar-refractivity contribution < 1.29 is 13.2 Å². The Kier molecular flexibility index (Phi) is 7.33. The predicted octanol–water partition coefficient (Wildman–Crippen LogP) is 5.41. The highest BCUT2D eigenvalue weighted by Crippen LogP contribution is 2.23. The molecule has 0 spiro atoms. The van der Waals surface area contributed by atoms with Crippen molar-refractivity contribution in [2.75, 3.05) is 4.72 Å². The Balaban J connectivity index is 1.31. The predicted molar refractivity (Wildman–Crippen MR) is 152 cm³/mol. The lowest BCUT2D eigenvalue weighted by Gasteiger charge is -2.08. The van der Waals surface area contributed by atoms with Crippen molar-refractivity contribution in [1.82, 2.24) is 15.2 Å². The van der Waals surface area contributed by atoms with Crippen molar-refractivity contribution in [3.8, 4) is 16.9 Å². The van der Waals surface area contributed by atoms with Gasteiger partial charge in [0.1, 0.15) is 5.69 Å². The van der Waals surface area contributed by atoms with Gasteiger partial charge in [0.15, 0.2) is 0 Å². The molecule has 1 amide bonds. The molecule has 2 N–H and O–H groups in total. The van der Waals surface area contributed by atoms with E-state index in [1.54, 1.807) is 29.1 Å². The van der Waals surface area contributed by atoms with Crippen molar-refractivity contribution in [2.45, 2.75) is 11.8 Å². The van der Waals surface area contributed by atoms with Gasteiger partial charge in [-0.2, -0.15) is 10.2 Å². The number of nitrogens with zero attached hydrogens (tertiary/aromatic N) is 3. The highest BCUT2D eigenvalue weighted by molar-refractivity contribution is 7.92. The van der Waals surface area contributed by atoms with Gasteiger partial charge in [0.25, 0.3) is 15.9 Å². The van der Waals surface area contributed by atoms with E-state index in [-0.39, 0.29) is 4.90 Å². The van der Waals surface area contributed by atoms with E-state index in [0.717, 1.165) is 28.1 Å². The van der Waals surface area contributed by atoms with E-state index < -0.39 is 15.9 Å². The fourth-order valence-electron chi connectivity index (χ4n) is 3.86. The molecule has 0 fully saturated rings. The van der Waals surface area contributed by atoms with Crippen molar-refractivity contribution in [3.63, 3.8) is 0 Å². The first-order valence-electron chi connectivity index (χ1n) is 12.1. The Morgan fingerprint density at radius 2 is 1.49 bits per heavy atom. The number of anilines is 1. The zero-order valence-corrected chi connectivity index (χ0v) is 21.8. The van der Waals surface area contributed by atoms with Crippen LogP contribution in [-0.2, 0) is 10.0 Å². The molecule has 1 heterocycles. The molecule has 0 aliphatic carbocycles. The van der Waals surface area contributed by atoms with E-state index in [0.29, 0.717) is 11.3 Å². The van der Waals surface area contributed by atoms with Crippen LogP contribution in [0.15, 0.2) is 125 Å². The smallest absolute Gasteiger partial charge is 0.271 e. The van der Waals surface area contributed by atoms with Crippen molar-refractivity contribution >= 4 is 27.8 Å². The standard InChI is InChI=1S/C30H25N5O3S/c1-22-12-14-23(15-13-22)29-25(21-35(33-29)27-8-4-2-5-9-27)20-31-32-30(36)24-16-18-26(19-17-24)34-39(37,38)28-10-6-3-7-11-28/h2-21,34H,1H3,(H,32,36)/b31-20-. The van der Waals surface area contributed by atoms with E-state index in [4.69, 9.17) is 5.10 Å². The van der Waals surface area contributed by atoms with Crippen molar-refractivity contribution in [3.05, 3.63) is 132 Å². The second-order valence-electron chi connectivity index (χ2n) is 8.77. The average molecular weight is 536 g/mol. The van der Waals surface area contributed by atoms with E-state index in [9.17, 15) is 13.2 Å². The Hall–Kier alpha value is -5.02. The zero-order valence-electron chi connectivity index (χ0n) is 21.0. The number of hydrogen-bond acceptors (Lipinski definition) is 5. The molecule has 5 aromatic rings. The molecule has 0 radical (unpaired) electrons. The lowest BCUT2D eigenvalue weighted by molar-refractivity contribution is 0.0955. The first-order valence-corrected chi connectivity index (χ1v) is 13.6. The number of benzene rings is 4. The first kappa shape index (κ1) is 25.6. The summed E-state index contributed by atoms with van der Waals surface area (Å²) in [4.78, 5) is 12.8. The van der Waals surface area contributed by atoms with Crippen LogP contribution in [0.1, 0.15) is 21.5 Å². The SMILES string of the molecule is Cc1ccc(-c2nn(-c3ccccc3)cc2/C=N\NC(=O)c2ccc(NS(=O)(=O)c3ccccc3)cc2)cc1. The number of para-hydroxylation sites is 1. The quantitative estimate of drug-likeness (QED) is 0.205. The lowest BCUT2D eigenvalue weighted by Crippen LogP contribution is -2.18. The van der Waals surface area contributed by atoms with Gasteiger partial charge in [-0.15, -0.1) is 0 Å². The summed E-state index contributed by atoms with van der Waals surface area (Å²) < 4.78 is 29.3. The minimum absolute atomic E-state index is 0.154. The number of aromatic nitrogens is 2. The average Bonchev–Trinajstić information content (AvgIpc) is 3.39. The molecular weight excluding hydrogens is 510 g/mol. The number of carbonyl (C=O) groups is 1. The Morgan fingerprint density at radius 1 is 0.846 bits per heavy atom. The third-order valence-corrected chi connectivity index (χ3v) is 7.31. The first-order chi connectivity index (χ1) is 18.9. The number of hydrogen-bond donors (Lipinski definition) is 2. The van der Waals surface area contributed by atoms with E-state index >= 15 is 0 Å². The molecule has 39 heavy (non-hydrogen) atoms. The fraction of sp³-hybridized carbons (Fsp3) is 0.0333. The maximum atomic E-state index is 12.7. The molecule has 0 aliphatic rings.